The summed E-state index contributed by atoms with van der Waals surface area (Å²) in [6, 6.07) is 6.84. The van der Waals surface area contributed by atoms with E-state index in [9.17, 15) is 13.9 Å². The first-order valence-corrected chi connectivity index (χ1v) is 7.55. The zero-order chi connectivity index (χ0) is 15.1. The van der Waals surface area contributed by atoms with Crippen molar-refractivity contribution >= 4 is 0 Å². The predicted octanol–water partition coefficient (Wildman–Crippen LogP) is 3.18. The maximum Gasteiger partial charge on any atom is 0.387 e. The van der Waals surface area contributed by atoms with Crippen LogP contribution in [0.1, 0.15) is 31.2 Å². The number of halogens is 2. The molecule has 118 valence electrons. The number of aliphatic hydroxyl groups is 1. The van der Waals surface area contributed by atoms with Crippen LogP contribution in [0.25, 0.3) is 0 Å². The Labute approximate surface area is 124 Å². The third kappa shape index (κ3) is 4.93. The van der Waals surface area contributed by atoms with Gasteiger partial charge < -0.3 is 15.2 Å². The molecule has 1 aliphatic carbocycles. The van der Waals surface area contributed by atoms with Crippen molar-refractivity contribution in [3.05, 3.63) is 29.8 Å². The summed E-state index contributed by atoms with van der Waals surface area (Å²) in [6.07, 6.45) is 4.59. The summed E-state index contributed by atoms with van der Waals surface area (Å²) in [7, 11) is 0. The van der Waals surface area contributed by atoms with Crippen molar-refractivity contribution in [2.24, 2.45) is 11.8 Å². The highest BCUT2D eigenvalue weighted by atomic mass is 19.3. The fraction of sp³-hybridized carbons (Fsp3) is 0.625. The minimum Gasteiger partial charge on any atom is -0.434 e. The van der Waals surface area contributed by atoms with Gasteiger partial charge in [0.2, 0.25) is 0 Å². The lowest BCUT2D eigenvalue weighted by Crippen LogP contribution is -2.32. The molecule has 21 heavy (non-hydrogen) atoms. The van der Waals surface area contributed by atoms with E-state index in [1.807, 2.05) is 6.07 Å². The molecule has 2 N–H and O–H groups in total. The standard InChI is InChI=1S/C16H23F2NO2/c17-16(18)21-15-8-4-3-6-13(15)10-19-9-12-5-1-2-7-14(12)11-20/h3-4,6,8,12,14,16,19-20H,1-2,5,7,9-11H2. The Bertz CT molecular complexity index is 428. The van der Waals surface area contributed by atoms with Crippen LogP contribution in [-0.2, 0) is 6.54 Å². The zero-order valence-corrected chi connectivity index (χ0v) is 12.1. The average molecular weight is 299 g/mol. The molecule has 2 atom stereocenters. The second kappa shape index (κ2) is 8.29. The van der Waals surface area contributed by atoms with Gasteiger partial charge in [-0.3, -0.25) is 0 Å². The van der Waals surface area contributed by atoms with Crippen LogP contribution >= 0.6 is 0 Å². The average Bonchev–Trinajstić information content (AvgIpc) is 2.49. The van der Waals surface area contributed by atoms with E-state index >= 15 is 0 Å². The van der Waals surface area contributed by atoms with Gasteiger partial charge >= 0.3 is 6.61 Å². The minimum absolute atomic E-state index is 0.224. The van der Waals surface area contributed by atoms with Gasteiger partial charge in [-0.25, -0.2) is 0 Å². The van der Waals surface area contributed by atoms with Crippen LogP contribution in [0.3, 0.4) is 0 Å². The molecular formula is C16H23F2NO2. The van der Waals surface area contributed by atoms with Gasteiger partial charge in [0.15, 0.2) is 0 Å². The Hall–Kier alpha value is -1.20. The third-order valence-electron chi connectivity index (χ3n) is 4.21. The van der Waals surface area contributed by atoms with Gasteiger partial charge in [0.25, 0.3) is 0 Å². The number of benzene rings is 1. The molecule has 0 amide bonds. The number of para-hydroxylation sites is 1. The van der Waals surface area contributed by atoms with E-state index < -0.39 is 6.61 Å². The second-order valence-electron chi connectivity index (χ2n) is 5.60. The molecule has 0 heterocycles. The zero-order valence-electron chi connectivity index (χ0n) is 12.1. The normalized spacial score (nSPS) is 22.5. The van der Waals surface area contributed by atoms with Crippen LogP contribution in [0, 0.1) is 11.8 Å². The van der Waals surface area contributed by atoms with Crippen molar-refractivity contribution in [2.45, 2.75) is 38.8 Å². The molecular weight excluding hydrogens is 276 g/mol. The lowest BCUT2D eigenvalue weighted by Gasteiger charge is -2.30. The summed E-state index contributed by atoms with van der Waals surface area (Å²) in [6.45, 7) is -1.27. The van der Waals surface area contributed by atoms with Crippen molar-refractivity contribution in [3.8, 4) is 5.75 Å². The summed E-state index contributed by atoms with van der Waals surface area (Å²) in [5, 5.41) is 12.7. The number of alkyl halides is 2. The molecule has 1 fully saturated rings. The van der Waals surface area contributed by atoms with Crippen LogP contribution in [0.5, 0.6) is 5.75 Å². The Morgan fingerprint density at radius 2 is 1.90 bits per heavy atom. The molecule has 0 aromatic heterocycles. The lowest BCUT2D eigenvalue weighted by atomic mass is 9.79. The van der Waals surface area contributed by atoms with Gasteiger partial charge in [-0.15, -0.1) is 0 Å². The van der Waals surface area contributed by atoms with Crippen molar-refractivity contribution in [1.29, 1.82) is 0 Å². The first kappa shape index (κ1) is 16.2. The minimum atomic E-state index is -2.80. The van der Waals surface area contributed by atoms with Crippen LogP contribution in [0.4, 0.5) is 8.78 Å². The highest BCUT2D eigenvalue weighted by molar-refractivity contribution is 5.33. The second-order valence-corrected chi connectivity index (χ2v) is 5.60. The Morgan fingerprint density at radius 1 is 1.19 bits per heavy atom. The molecule has 0 aliphatic heterocycles. The van der Waals surface area contributed by atoms with Crippen LogP contribution in [0.2, 0.25) is 0 Å². The van der Waals surface area contributed by atoms with E-state index in [2.05, 4.69) is 10.1 Å². The largest absolute Gasteiger partial charge is 0.434 e. The SMILES string of the molecule is OCC1CCCCC1CNCc1ccccc1OC(F)F. The van der Waals surface area contributed by atoms with Gasteiger partial charge in [0.1, 0.15) is 5.75 Å². The van der Waals surface area contributed by atoms with Crippen molar-refractivity contribution in [3.63, 3.8) is 0 Å². The molecule has 0 radical (unpaired) electrons. The molecule has 1 aromatic rings. The smallest absolute Gasteiger partial charge is 0.387 e. The lowest BCUT2D eigenvalue weighted by molar-refractivity contribution is -0.0505. The Kier molecular flexibility index (Phi) is 6.39. The van der Waals surface area contributed by atoms with Crippen molar-refractivity contribution < 1.29 is 18.6 Å². The maximum atomic E-state index is 12.3. The number of ether oxygens (including phenoxy) is 1. The molecule has 0 spiro atoms. The van der Waals surface area contributed by atoms with E-state index in [0.717, 1.165) is 24.9 Å². The number of hydrogen-bond donors (Lipinski definition) is 2. The summed E-state index contributed by atoms with van der Waals surface area (Å²) in [4.78, 5) is 0. The van der Waals surface area contributed by atoms with E-state index in [1.54, 1.807) is 18.2 Å². The Balaban J connectivity index is 1.85. The quantitative estimate of drug-likeness (QED) is 0.812. The monoisotopic (exact) mass is 299 g/mol. The summed E-state index contributed by atoms with van der Waals surface area (Å²) in [5.41, 5.74) is 0.731. The van der Waals surface area contributed by atoms with Gasteiger partial charge in [0, 0.05) is 18.7 Å². The van der Waals surface area contributed by atoms with Crippen molar-refractivity contribution in [1.82, 2.24) is 5.32 Å². The summed E-state index contributed by atoms with van der Waals surface area (Å²) >= 11 is 0. The predicted molar refractivity (Wildman–Crippen MR) is 77.3 cm³/mol. The molecule has 0 saturated heterocycles. The summed E-state index contributed by atoms with van der Waals surface area (Å²) in [5.74, 6) is 1.05. The van der Waals surface area contributed by atoms with E-state index in [1.165, 1.54) is 12.8 Å². The number of rotatable bonds is 7. The van der Waals surface area contributed by atoms with Crippen LogP contribution in [-0.4, -0.2) is 24.9 Å². The van der Waals surface area contributed by atoms with Crippen LogP contribution < -0.4 is 10.1 Å². The highest BCUT2D eigenvalue weighted by Crippen LogP contribution is 2.29. The maximum absolute atomic E-state index is 12.3. The molecule has 0 bridgehead atoms. The fourth-order valence-corrected chi connectivity index (χ4v) is 3.05. The Morgan fingerprint density at radius 3 is 2.62 bits per heavy atom. The van der Waals surface area contributed by atoms with Crippen molar-refractivity contribution in [2.75, 3.05) is 13.2 Å². The van der Waals surface area contributed by atoms with E-state index in [4.69, 9.17) is 0 Å². The molecule has 1 saturated carbocycles. The topological polar surface area (TPSA) is 41.5 Å². The van der Waals surface area contributed by atoms with Gasteiger partial charge in [0.05, 0.1) is 0 Å². The number of hydrogen-bond acceptors (Lipinski definition) is 3. The van der Waals surface area contributed by atoms with E-state index in [0.29, 0.717) is 18.4 Å². The first-order chi connectivity index (χ1) is 10.2. The fourth-order valence-electron chi connectivity index (χ4n) is 3.05. The summed E-state index contributed by atoms with van der Waals surface area (Å²) < 4.78 is 29.2. The molecule has 1 aromatic carbocycles. The number of nitrogens with one attached hydrogen (secondary N) is 1. The molecule has 5 heteroatoms. The van der Waals surface area contributed by atoms with Gasteiger partial charge in [-0.1, -0.05) is 31.0 Å². The van der Waals surface area contributed by atoms with E-state index in [-0.39, 0.29) is 12.4 Å². The van der Waals surface area contributed by atoms with Gasteiger partial charge in [-0.05, 0) is 37.3 Å². The molecule has 1 aliphatic rings. The molecule has 3 nitrogen and oxygen atoms in total. The highest BCUT2D eigenvalue weighted by Gasteiger charge is 2.23. The molecule has 2 rings (SSSR count). The first-order valence-electron chi connectivity index (χ1n) is 7.55. The number of aliphatic hydroxyl groups excluding tert-OH is 1. The third-order valence-corrected chi connectivity index (χ3v) is 4.21. The van der Waals surface area contributed by atoms with Gasteiger partial charge in [-0.2, -0.15) is 8.78 Å². The van der Waals surface area contributed by atoms with Crippen LogP contribution in [0.15, 0.2) is 24.3 Å². The molecule has 2 unspecified atom stereocenters.